The molecule has 4 nitrogen and oxygen atoms in total. The van der Waals surface area contributed by atoms with E-state index in [1.54, 1.807) is 0 Å². The first-order chi connectivity index (χ1) is 9.75. The predicted molar refractivity (Wildman–Crippen MR) is 86.9 cm³/mol. The lowest BCUT2D eigenvalue weighted by atomic mass is 10.1. The minimum atomic E-state index is -3.58. The highest BCUT2D eigenvalue weighted by molar-refractivity contribution is 7.89. The highest BCUT2D eigenvalue weighted by Gasteiger charge is 2.26. The van der Waals surface area contributed by atoms with Gasteiger partial charge in [0.25, 0.3) is 0 Å². The Morgan fingerprint density at radius 2 is 1.67 bits per heavy atom. The van der Waals surface area contributed by atoms with E-state index in [0.29, 0.717) is 24.9 Å². The number of pyridine rings is 1. The van der Waals surface area contributed by atoms with Crippen LogP contribution in [0.4, 0.5) is 0 Å². The zero-order valence-electron chi connectivity index (χ0n) is 13.2. The molecule has 0 spiro atoms. The van der Waals surface area contributed by atoms with Crippen LogP contribution in [0.15, 0.2) is 23.4 Å². The van der Waals surface area contributed by atoms with Gasteiger partial charge in [-0.05, 0) is 30.7 Å². The van der Waals surface area contributed by atoms with Crippen molar-refractivity contribution >= 4 is 21.6 Å². The summed E-state index contributed by atoms with van der Waals surface area (Å²) in [6, 6.07) is 1.51. The molecule has 0 aromatic carbocycles. The number of hydrogen-bond donors (Lipinski definition) is 0. The second kappa shape index (κ2) is 8.11. The fraction of sp³-hybridized carbons (Fsp3) is 0.667. The van der Waals surface area contributed by atoms with Crippen LogP contribution in [0, 0.1) is 11.8 Å². The predicted octanol–water partition coefficient (Wildman–Crippen LogP) is 3.82. The van der Waals surface area contributed by atoms with Gasteiger partial charge in [0.2, 0.25) is 10.0 Å². The number of hydrogen-bond acceptors (Lipinski definition) is 3. The summed E-state index contributed by atoms with van der Waals surface area (Å²) in [5.74, 6) is 0.900. The summed E-state index contributed by atoms with van der Waals surface area (Å²) >= 11 is 6.03. The quantitative estimate of drug-likeness (QED) is 0.727. The zero-order chi connectivity index (χ0) is 16.0. The molecular formula is C15H25ClN2O2S. The Labute approximate surface area is 133 Å². The monoisotopic (exact) mass is 332 g/mol. The van der Waals surface area contributed by atoms with Gasteiger partial charge in [-0.2, -0.15) is 4.31 Å². The maximum atomic E-state index is 12.8. The van der Waals surface area contributed by atoms with E-state index in [2.05, 4.69) is 32.7 Å². The third-order valence-electron chi connectivity index (χ3n) is 3.26. The Balaban J connectivity index is 3.01. The minimum absolute atomic E-state index is 0.0965. The summed E-state index contributed by atoms with van der Waals surface area (Å²) in [6.07, 6.45) is 4.48. The Bertz CT molecular complexity index is 532. The zero-order valence-corrected chi connectivity index (χ0v) is 14.8. The summed E-state index contributed by atoms with van der Waals surface area (Å²) in [5, 5.41) is 0.226. The van der Waals surface area contributed by atoms with Gasteiger partial charge >= 0.3 is 0 Å². The number of sulfonamides is 1. The van der Waals surface area contributed by atoms with E-state index in [1.807, 2.05) is 0 Å². The van der Waals surface area contributed by atoms with Crippen LogP contribution in [0.2, 0.25) is 5.02 Å². The molecule has 1 aromatic heterocycles. The maximum Gasteiger partial charge on any atom is 0.246 e. The van der Waals surface area contributed by atoms with Crippen molar-refractivity contribution in [3.63, 3.8) is 0 Å². The number of nitrogens with zero attached hydrogens (tertiary/aromatic N) is 2. The molecule has 0 N–H and O–H groups in total. The van der Waals surface area contributed by atoms with Crippen LogP contribution < -0.4 is 0 Å². The summed E-state index contributed by atoms with van der Waals surface area (Å²) < 4.78 is 27.1. The van der Waals surface area contributed by atoms with Crippen LogP contribution in [-0.2, 0) is 10.0 Å². The third kappa shape index (κ3) is 5.57. The van der Waals surface area contributed by atoms with E-state index in [9.17, 15) is 8.42 Å². The van der Waals surface area contributed by atoms with E-state index in [-0.39, 0.29) is 9.92 Å². The van der Waals surface area contributed by atoms with E-state index >= 15 is 0 Å². The van der Waals surface area contributed by atoms with E-state index in [4.69, 9.17) is 11.6 Å². The molecule has 0 fully saturated rings. The molecule has 6 heteroatoms. The van der Waals surface area contributed by atoms with E-state index < -0.39 is 10.0 Å². The maximum absolute atomic E-state index is 12.8. The van der Waals surface area contributed by atoms with Crippen molar-refractivity contribution < 1.29 is 8.42 Å². The molecule has 21 heavy (non-hydrogen) atoms. The van der Waals surface area contributed by atoms with Crippen molar-refractivity contribution in [1.29, 1.82) is 0 Å². The summed E-state index contributed by atoms with van der Waals surface area (Å²) in [5.41, 5.74) is 0. The lowest BCUT2D eigenvalue weighted by molar-refractivity contribution is 0.357. The molecule has 0 atom stereocenters. The standard InChI is InChI=1S/C15H25ClN2O2S/c1-12(2)6-9-18(10-7-13(3)4)21(19,20)15-11-17-8-5-14(15)16/h5,8,11-13H,6-7,9-10H2,1-4H3. The lowest BCUT2D eigenvalue weighted by Gasteiger charge is -2.24. The van der Waals surface area contributed by atoms with Gasteiger partial charge in [-0.3, -0.25) is 4.98 Å². The Morgan fingerprint density at radius 3 is 2.10 bits per heavy atom. The molecule has 0 aliphatic heterocycles. The fourth-order valence-corrected chi connectivity index (χ4v) is 3.72. The van der Waals surface area contributed by atoms with Crippen molar-refractivity contribution in [2.75, 3.05) is 13.1 Å². The summed E-state index contributed by atoms with van der Waals surface area (Å²) in [7, 11) is -3.58. The van der Waals surface area contributed by atoms with Crippen LogP contribution >= 0.6 is 11.6 Å². The third-order valence-corrected chi connectivity index (χ3v) is 5.63. The highest BCUT2D eigenvalue weighted by atomic mass is 35.5. The van der Waals surface area contributed by atoms with Crippen LogP contribution in [-0.4, -0.2) is 30.8 Å². The van der Waals surface area contributed by atoms with Crippen molar-refractivity contribution in [1.82, 2.24) is 9.29 Å². The summed E-state index contributed by atoms with van der Waals surface area (Å²) in [6.45, 7) is 9.37. The first-order valence-electron chi connectivity index (χ1n) is 7.34. The Morgan fingerprint density at radius 1 is 1.14 bits per heavy atom. The molecule has 0 radical (unpaired) electrons. The molecule has 0 saturated carbocycles. The minimum Gasteiger partial charge on any atom is -0.263 e. The van der Waals surface area contributed by atoms with Gasteiger partial charge in [-0.15, -0.1) is 0 Å². The number of halogens is 1. The van der Waals surface area contributed by atoms with Gasteiger partial charge in [-0.25, -0.2) is 8.42 Å². The highest BCUT2D eigenvalue weighted by Crippen LogP contribution is 2.24. The van der Waals surface area contributed by atoms with Crippen molar-refractivity contribution in [2.24, 2.45) is 11.8 Å². The molecule has 1 rings (SSSR count). The van der Waals surface area contributed by atoms with Gasteiger partial charge in [0.1, 0.15) is 4.90 Å². The summed E-state index contributed by atoms with van der Waals surface area (Å²) in [4.78, 5) is 3.99. The van der Waals surface area contributed by atoms with Gasteiger partial charge in [0, 0.05) is 25.5 Å². The van der Waals surface area contributed by atoms with Crippen molar-refractivity contribution in [3.8, 4) is 0 Å². The molecule has 0 saturated heterocycles. The van der Waals surface area contributed by atoms with Gasteiger partial charge < -0.3 is 0 Å². The van der Waals surface area contributed by atoms with Crippen molar-refractivity contribution in [3.05, 3.63) is 23.5 Å². The van der Waals surface area contributed by atoms with E-state index in [1.165, 1.54) is 22.8 Å². The second-order valence-electron chi connectivity index (χ2n) is 6.08. The average Bonchev–Trinajstić information content (AvgIpc) is 2.37. The topological polar surface area (TPSA) is 50.3 Å². The normalized spacial score (nSPS) is 12.6. The first-order valence-corrected chi connectivity index (χ1v) is 9.16. The molecular weight excluding hydrogens is 308 g/mol. The smallest absolute Gasteiger partial charge is 0.246 e. The van der Waals surface area contributed by atoms with Gasteiger partial charge in [0.05, 0.1) is 5.02 Å². The number of rotatable bonds is 8. The molecule has 0 unspecified atom stereocenters. The first kappa shape index (κ1) is 18.4. The van der Waals surface area contributed by atoms with Gasteiger partial charge in [-0.1, -0.05) is 39.3 Å². The van der Waals surface area contributed by atoms with Crippen LogP contribution in [0.1, 0.15) is 40.5 Å². The largest absolute Gasteiger partial charge is 0.263 e. The fourth-order valence-electron chi connectivity index (χ4n) is 1.85. The van der Waals surface area contributed by atoms with Crippen LogP contribution in [0.3, 0.4) is 0 Å². The Kier molecular flexibility index (Phi) is 7.10. The SMILES string of the molecule is CC(C)CCN(CCC(C)C)S(=O)(=O)c1cnccc1Cl. The van der Waals surface area contributed by atoms with Crippen LogP contribution in [0.5, 0.6) is 0 Å². The average molecular weight is 333 g/mol. The Hall–Kier alpha value is -0.650. The number of aromatic nitrogens is 1. The van der Waals surface area contributed by atoms with Gasteiger partial charge in [0.15, 0.2) is 0 Å². The molecule has 0 amide bonds. The second-order valence-corrected chi connectivity index (χ2v) is 8.39. The van der Waals surface area contributed by atoms with Crippen LogP contribution in [0.25, 0.3) is 0 Å². The lowest BCUT2D eigenvalue weighted by Crippen LogP contribution is -2.34. The van der Waals surface area contributed by atoms with E-state index in [0.717, 1.165) is 12.8 Å². The molecule has 0 aliphatic rings. The molecule has 0 aliphatic carbocycles. The molecule has 1 heterocycles. The van der Waals surface area contributed by atoms with Crippen molar-refractivity contribution in [2.45, 2.75) is 45.4 Å². The molecule has 0 bridgehead atoms. The molecule has 120 valence electrons. The molecule has 1 aromatic rings.